The first-order valence-corrected chi connectivity index (χ1v) is 7.66. The van der Waals surface area contributed by atoms with Crippen LogP contribution in [0.2, 0.25) is 0 Å². The van der Waals surface area contributed by atoms with Gasteiger partial charge in [0.2, 0.25) is 5.91 Å². The van der Waals surface area contributed by atoms with E-state index in [0.29, 0.717) is 17.4 Å². The standard InChI is InChI=1S/C15H28N2O/c1-3-15(7-4-5-8-15)11-17-14(18)13-6-9-16-12(2)10-13/h12-13,16H,3-11H2,1-2H3,(H,17,18). The fourth-order valence-corrected chi connectivity index (χ4v) is 3.57. The van der Waals surface area contributed by atoms with Crippen molar-refractivity contribution in [2.45, 2.75) is 64.8 Å². The van der Waals surface area contributed by atoms with Gasteiger partial charge in [0.05, 0.1) is 0 Å². The molecule has 1 saturated carbocycles. The highest BCUT2D eigenvalue weighted by atomic mass is 16.1. The van der Waals surface area contributed by atoms with Crippen molar-refractivity contribution in [3.8, 4) is 0 Å². The van der Waals surface area contributed by atoms with E-state index in [4.69, 9.17) is 0 Å². The molecule has 104 valence electrons. The summed E-state index contributed by atoms with van der Waals surface area (Å²) in [7, 11) is 0. The average Bonchev–Trinajstić information content (AvgIpc) is 2.85. The Labute approximate surface area is 111 Å². The van der Waals surface area contributed by atoms with Crippen LogP contribution in [0.25, 0.3) is 0 Å². The monoisotopic (exact) mass is 252 g/mol. The fourth-order valence-electron chi connectivity index (χ4n) is 3.57. The van der Waals surface area contributed by atoms with Gasteiger partial charge in [0.15, 0.2) is 0 Å². The number of hydrogen-bond donors (Lipinski definition) is 2. The molecule has 0 bridgehead atoms. The van der Waals surface area contributed by atoms with Crippen molar-refractivity contribution in [2.24, 2.45) is 11.3 Å². The van der Waals surface area contributed by atoms with Crippen molar-refractivity contribution in [1.82, 2.24) is 10.6 Å². The van der Waals surface area contributed by atoms with E-state index < -0.39 is 0 Å². The van der Waals surface area contributed by atoms with Crippen molar-refractivity contribution >= 4 is 5.91 Å². The molecule has 2 N–H and O–H groups in total. The second kappa shape index (κ2) is 6.05. The maximum Gasteiger partial charge on any atom is 0.223 e. The molecule has 3 heteroatoms. The van der Waals surface area contributed by atoms with Crippen LogP contribution in [0.4, 0.5) is 0 Å². The molecule has 0 aromatic rings. The predicted molar refractivity (Wildman–Crippen MR) is 74.4 cm³/mol. The summed E-state index contributed by atoms with van der Waals surface area (Å²) in [6.45, 7) is 6.33. The number of piperidine rings is 1. The van der Waals surface area contributed by atoms with E-state index in [-0.39, 0.29) is 5.92 Å². The number of carbonyl (C=O) groups is 1. The van der Waals surface area contributed by atoms with Crippen LogP contribution in [0.3, 0.4) is 0 Å². The van der Waals surface area contributed by atoms with E-state index in [1.807, 2.05) is 0 Å². The predicted octanol–water partition coefficient (Wildman–Crippen LogP) is 2.46. The highest BCUT2D eigenvalue weighted by molar-refractivity contribution is 5.78. The molecule has 1 heterocycles. The van der Waals surface area contributed by atoms with E-state index in [2.05, 4.69) is 24.5 Å². The van der Waals surface area contributed by atoms with Gasteiger partial charge in [-0.3, -0.25) is 4.79 Å². The number of carbonyl (C=O) groups excluding carboxylic acids is 1. The van der Waals surface area contributed by atoms with Crippen LogP contribution in [0.5, 0.6) is 0 Å². The fraction of sp³-hybridized carbons (Fsp3) is 0.933. The lowest BCUT2D eigenvalue weighted by atomic mass is 9.83. The van der Waals surface area contributed by atoms with Gasteiger partial charge in [-0.05, 0) is 51.0 Å². The van der Waals surface area contributed by atoms with Crippen LogP contribution >= 0.6 is 0 Å². The molecule has 1 saturated heterocycles. The highest BCUT2D eigenvalue weighted by Gasteiger charge is 2.33. The molecular weight excluding hydrogens is 224 g/mol. The Kier molecular flexibility index (Phi) is 4.66. The number of hydrogen-bond acceptors (Lipinski definition) is 2. The first-order chi connectivity index (χ1) is 8.65. The normalized spacial score (nSPS) is 31.2. The molecule has 2 rings (SSSR count). The van der Waals surface area contributed by atoms with Crippen molar-refractivity contribution in [2.75, 3.05) is 13.1 Å². The van der Waals surface area contributed by atoms with Gasteiger partial charge < -0.3 is 10.6 Å². The summed E-state index contributed by atoms with van der Waals surface area (Å²) in [5.74, 6) is 0.527. The topological polar surface area (TPSA) is 41.1 Å². The lowest BCUT2D eigenvalue weighted by Crippen LogP contribution is -2.44. The molecule has 1 aliphatic heterocycles. The van der Waals surface area contributed by atoms with Gasteiger partial charge in [-0.15, -0.1) is 0 Å². The Bertz CT molecular complexity index is 284. The quantitative estimate of drug-likeness (QED) is 0.807. The molecule has 2 unspecified atom stereocenters. The Hall–Kier alpha value is -0.570. The minimum Gasteiger partial charge on any atom is -0.355 e. The van der Waals surface area contributed by atoms with Gasteiger partial charge >= 0.3 is 0 Å². The molecule has 0 aromatic heterocycles. The van der Waals surface area contributed by atoms with Crippen molar-refractivity contribution in [1.29, 1.82) is 0 Å². The first-order valence-electron chi connectivity index (χ1n) is 7.66. The Morgan fingerprint density at radius 2 is 2.11 bits per heavy atom. The van der Waals surface area contributed by atoms with Gasteiger partial charge in [-0.1, -0.05) is 19.8 Å². The van der Waals surface area contributed by atoms with Crippen LogP contribution in [0, 0.1) is 11.3 Å². The van der Waals surface area contributed by atoms with Crippen LogP contribution in [0.15, 0.2) is 0 Å². The highest BCUT2D eigenvalue weighted by Crippen LogP contribution is 2.40. The maximum absolute atomic E-state index is 12.2. The van der Waals surface area contributed by atoms with Crippen LogP contribution in [0.1, 0.15) is 58.8 Å². The van der Waals surface area contributed by atoms with E-state index in [0.717, 1.165) is 25.9 Å². The summed E-state index contributed by atoms with van der Waals surface area (Å²) in [5.41, 5.74) is 0.411. The second-order valence-electron chi connectivity index (χ2n) is 6.35. The van der Waals surface area contributed by atoms with E-state index in [9.17, 15) is 4.79 Å². The average molecular weight is 252 g/mol. The largest absolute Gasteiger partial charge is 0.355 e. The van der Waals surface area contributed by atoms with E-state index >= 15 is 0 Å². The lowest BCUT2D eigenvalue weighted by Gasteiger charge is -2.31. The molecule has 18 heavy (non-hydrogen) atoms. The second-order valence-corrected chi connectivity index (χ2v) is 6.35. The molecule has 2 fully saturated rings. The lowest BCUT2D eigenvalue weighted by molar-refractivity contribution is -0.126. The molecule has 3 nitrogen and oxygen atoms in total. The first kappa shape index (κ1) is 13.9. The van der Waals surface area contributed by atoms with Crippen molar-refractivity contribution < 1.29 is 4.79 Å². The van der Waals surface area contributed by atoms with Gasteiger partial charge in [-0.25, -0.2) is 0 Å². The third kappa shape index (κ3) is 3.25. The molecule has 1 amide bonds. The minimum absolute atomic E-state index is 0.233. The van der Waals surface area contributed by atoms with Gasteiger partial charge in [0.1, 0.15) is 0 Å². The Balaban J connectivity index is 1.80. The van der Waals surface area contributed by atoms with Gasteiger partial charge in [0, 0.05) is 18.5 Å². The number of amides is 1. The van der Waals surface area contributed by atoms with E-state index in [1.165, 1.54) is 32.1 Å². The van der Waals surface area contributed by atoms with Crippen LogP contribution in [-0.4, -0.2) is 25.0 Å². The summed E-state index contributed by atoms with van der Waals surface area (Å²) < 4.78 is 0. The number of nitrogens with one attached hydrogen (secondary N) is 2. The molecule has 1 aliphatic carbocycles. The van der Waals surface area contributed by atoms with Crippen LogP contribution < -0.4 is 10.6 Å². The third-order valence-corrected chi connectivity index (χ3v) is 5.05. The Morgan fingerprint density at radius 1 is 1.39 bits per heavy atom. The zero-order valence-corrected chi connectivity index (χ0v) is 11.9. The Morgan fingerprint density at radius 3 is 2.72 bits per heavy atom. The van der Waals surface area contributed by atoms with Crippen molar-refractivity contribution in [3.05, 3.63) is 0 Å². The van der Waals surface area contributed by atoms with E-state index in [1.54, 1.807) is 0 Å². The molecule has 2 aliphatic rings. The summed E-state index contributed by atoms with van der Waals surface area (Å²) in [5, 5.41) is 6.64. The van der Waals surface area contributed by atoms with Crippen molar-refractivity contribution in [3.63, 3.8) is 0 Å². The SMILES string of the molecule is CCC1(CNC(=O)C2CCNC(C)C2)CCCC1. The maximum atomic E-state index is 12.2. The summed E-state index contributed by atoms with van der Waals surface area (Å²) in [6.07, 6.45) is 8.47. The van der Waals surface area contributed by atoms with Gasteiger partial charge in [0.25, 0.3) is 0 Å². The van der Waals surface area contributed by atoms with Gasteiger partial charge in [-0.2, -0.15) is 0 Å². The summed E-state index contributed by atoms with van der Waals surface area (Å²) in [4.78, 5) is 12.2. The zero-order valence-electron chi connectivity index (χ0n) is 11.9. The third-order valence-electron chi connectivity index (χ3n) is 5.05. The van der Waals surface area contributed by atoms with Crippen LogP contribution in [-0.2, 0) is 4.79 Å². The smallest absolute Gasteiger partial charge is 0.223 e. The summed E-state index contributed by atoms with van der Waals surface area (Å²) >= 11 is 0. The minimum atomic E-state index is 0.233. The number of rotatable bonds is 4. The molecule has 2 atom stereocenters. The summed E-state index contributed by atoms with van der Waals surface area (Å²) in [6, 6.07) is 0.487. The molecule has 0 aromatic carbocycles. The molecule has 0 radical (unpaired) electrons. The molecule has 0 spiro atoms. The zero-order chi connectivity index (χ0) is 13.0. The molecular formula is C15H28N2O.